The lowest BCUT2D eigenvalue weighted by molar-refractivity contribution is 0.243. The predicted molar refractivity (Wildman–Crippen MR) is 120 cm³/mol. The van der Waals surface area contributed by atoms with Crippen LogP contribution >= 0.6 is 24.0 Å². The first kappa shape index (κ1) is 25.0. The number of halogens is 1. The number of aliphatic hydroxyl groups is 1. The van der Waals surface area contributed by atoms with Crippen LogP contribution in [0.1, 0.15) is 46.1 Å². The maximum atomic E-state index is 9.26. The normalized spacial score (nSPS) is 12.5. The third-order valence-electron chi connectivity index (χ3n) is 3.92. The van der Waals surface area contributed by atoms with Gasteiger partial charge in [0, 0.05) is 25.3 Å². The standard InChI is InChI=1S/C20H35N3O2.HI/c1-5-21-20(22-14-17(11-12-24)13-16(3)4)23-15-18-9-7-8-10-19(18)25-6-2;/h7-10,16-17,24H,5-6,11-15H2,1-4H3,(H2,21,22,23);1H. The van der Waals surface area contributed by atoms with E-state index in [9.17, 15) is 5.11 Å². The molecule has 5 nitrogen and oxygen atoms in total. The predicted octanol–water partition coefficient (Wildman–Crippen LogP) is 3.80. The van der Waals surface area contributed by atoms with E-state index in [4.69, 9.17) is 4.74 Å². The summed E-state index contributed by atoms with van der Waals surface area (Å²) in [5, 5.41) is 16.0. The van der Waals surface area contributed by atoms with Crippen LogP contribution in [-0.2, 0) is 6.54 Å². The minimum Gasteiger partial charge on any atom is -0.494 e. The number of guanidine groups is 1. The molecule has 0 fully saturated rings. The number of hydrogen-bond acceptors (Lipinski definition) is 3. The van der Waals surface area contributed by atoms with Crippen molar-refractivity contribution in [3.8, 4) is 5.75 Å². The molecule has 0 saturated heterocycles. The Morgan fingerprint density at radius 2 is 1.92 bits per heavy atom. The van der Waals surface area contributed by atoms with E-state index in [0.29, 0.717) is 25.0 Å². The summed E-state index contributed by atoms with van der Waals surface area (Å²) in [5.74, 6) is 2.77. The highest BCUT2D eigenvalue weighted by Crippen LogP contribution is 2.19. The largest absolute Gasteiger partial charge is 0.494 e. The zero-order valence-electron chi connectivity index (χ0n) is 16.6. The first-order valence-electron chi connectivity index (χ1n) is 9.44. The summed E-state index contributed by atoms with van der Waals surface area (Å²) < 4.78 is 5.67. The average molecular weight is 477 g/mol. The summed E-state index contributed by atoms with van der Waals surface area (Å²) in [5.41, 5.74) is 1.08. The SMILES string of the molecule is CCNC(=NCc1ccccc1OCC)NCC(CCO)CC(C)C.I. The number of para-hydroxylation sites is 1. The first-order chi connectivity index (χ1) is 12.1. The summed E-state index contributed by atoms with van der Waals surface area (Å²) in [6.07, 6.45) is 1.91. The molecule has 0 aliphatic rings. The molecule has 0 aromatic heterocycles. The van der Waals surface area contributed by atoms with Crippen molar-refractivity contribution in [3.63, 3.8) is 0 Å². The first-order valence-corrected chi connectivity index (χ1v) is 9.44. The van der Waals surface area contributed by atoms with Gasteiger partial charge in [-0.15, -0.1) is 24.0 Å². The molecule has 1 unspecified atom stereocenters. The highest BCUT2D eigenvalue weighted by molar-refractivity contribution is 14.0. The summed E-state index contributed by atoms with van der Waals surface area (Å²) >= 11 is 0. The lowest BCUT2D eigenvalue weighted by Gasteiger charge is -2.20. The molecule has 0 radical (unpaired) electrons. The summed E-state index contributed by atoms with van der Waals surface area (Å²) in [6, 6.07) is 8.01. The van der Waals surface area contributed by atoms with Crippen molar-refractivity contribution in [3.05, 3.63) is 29.8 Å². The molecule has 0 bridgehead atoms. The molecule has 1 rings (SSSR count). The molecule has 0 amide bonds. The minimum atomic E-state index is 0. The van der Waals surface area contributed by atoms with Crippen LogP contribution < -0.4 is 15.4 Å². The Morgan fingerprint density at radius 3 is 2.54 bits per heavy atom. The van der Waals surface area contributed by atoms with Crippen LogP contribution in [0.4, 0.5) is 0 Å². The van der Waals surface area contributed by atoms with Gasteiger partial charge in [-0.2, -0.15) is 0 Å². The third kappa shape index (κ3) is 10.2. The van der Waals surface area contributed by atoms with E-state index in [-0.39, 0.29) is 30.6 Å². The zero-order valence-corrected chi connectivity index (χ0v) is 19.0. The Labute approximate surface area is 176 Å². The van der Waals surface area contributed by atoms with Crippen LogP contribution in [0, 0.1) is 11.8 Å². The highest BCUT2D eigenvalue weighted by Gasteiger charge is 2.11. The molecular weight excluding hydrogens is 441 g/mol. The van der Waals surface area contributed by atoms with Gasteiger partial charge in [0.2, 0.25) is 0 Å². The summed E-state index contributed by atoms with van der Waals surface area (Å²) in [7, 11) is 0. The van der Waals surface area contributed by atoms with Crippen molar-refractivity contribution in [1.29, 1.82) is 0 Å². The summed E-state index contributed by atoms with van der Waals surface area (Å²) in [6.45, 7) is 11.6. The van der Waals surface area contributed by atoms with Crippen molar-refractivity contribution < 1.29 is 9.84 Å². The van der Waals surface area contributed by atoms with Crippen molar-refractivity contribution >= 4 is 29.9 Å². The second-order valence-electron chi connectivity index (χ2n) is 6.62. The lowest BCUT2D eigenvalue weighted by Crippen LogP contribution is -2.40. The average Bonchev–Trinajstić information content (AvgIpc) is 2.58. The molecule has 1 aromatic carbocycles. The smallest absolute Gasteiger partial charge is 0.191 e. The van der Waals surface area contributed by atoms with E-state index in [1.54, 1.807) is 0 Å². The molecule has 0 aliphatic heterocycles. The number of nitrogens with one attached hydrogen (secondary N) is 2. The number of rotatable bonds is 11. The fraction of sp³-hybridized carbons (Fsp3) is 0.650. The molecule has 26 heavy (non-hydrogen) atoms. The van der Waals surface area contributed by atoms with Gasteiger partial charge in [-0.1, -0.05) is 32.0 Å². The lowest BCUT2D eigenvalue weighted by atomic mass is 9.94. The van der Waals surface area contributed by atoms with Crippen molar-refractivity contribution in [2.24, 2.45) is 16.8 Å². The molecule has 150 valence electrons. The Morgan fingerprint density at radius 1 is 1.19 bits per heavy atom. The Bertz CT molecular complexity index is 510. The fourth-order valence-electron chi connectivity index (χ4n) is 2.83. The van der Waals surface area contributed by atoms with E-state index in [1.807, 2.05) is 31.2 Å². The number of benzene rings is 1. The van der Waals surface area contributed by atoms with Crippen LogP contribution in [0.25, 0.3) is 0 Å². The third-order valence-corrected chi connectivity index (χ3v) is 3.92. The number of hydrogen-bond donors (Lipinski definition) is 3. The Kier molecular flexibility index (Phi) is 14.5. The Hall–Kier alpha value is -1.02. The zero-order chi connectivity index (χ0) is 18.5. The van der Waals surface area contributed by atoms with E-state index in [1.165, 1.54) is 0 Å². The van der Waals surface area contributed by atoms with E-state index >= 15 is 0 Å². The van der Waals surface area contributed by atoms with Crippen LogP contribution in [0.2, 0.25) is 0 Å². The van der Waals surface area contributed by atoms with E-state index in [0.717, 1.165) is 43.2 Å². The molecule has 1 aromatic rings. The van der Waals surface area contributed by atoms with Gasteiger partial charge in [0.25, 0.3) is 0 Å². The van der Waals surface area contributed by atoms with Gasteiger partial charge >= 0.3 is 0 Å². The minimum absolute atomic E-state index is 0. The number of nitrogens with zero attached hydrogens (tertiary/aromatic N) is 1. The van der Waals surface area contributed by atoms with Crippen molar-refractivity contribution in [1.82, 2.24) is 10.6 Å². The van der Waals surface area contributed by atoms with Gasteiger partial charge in [0.05, 0.1) is 13.2 Å². The molecular formula is C20H36IN3O2. The van der Waals surface area contributed by atoms with Gasteiger partial charge in [0.15, 0.2) is 5.96 Å². The van der Waals surface area contributed by atoms with Gasteiger partial charge in [-0.25, -0.2) is 4.99 Å². The van der Waals surface area contributed by atoms with Crippen molar-refractivity contribution in [2.45, 2.75) is 47.1 Å². The molecule has 0 saturated carbocycles. The molecule has 3 N–H and O–H groups in total. The van der Waals surface area contributed by atoms with Crippen LogP contribution in [-0.4, -0.2) is 37.4 Å². The van der Waals surface area contributed by atoms with Gasteiger partial charge < -0.3 is 20.5 Å². The number of ether oxygens (including phenoxy) is 1. The molecule has 1 atom stereocenters. The summed E-state index contributed by atoms with van der Waals surface area (Å²) in [4.78, 5) is 4.69. The quantitative estimate of drug-likeness (QED) is 0.258. The monoisotopic (exact) mass is 477 g/mol. The molecule has 0 aliphatic carbocycles. The van der Waals surface area contributed by atoms with Gasteiger partial charge in [0.1, 0.15) is 5.75 Å². The number of aliphatic hydroxyl groups excluding tert-OH is 1. The van der Waals surface area contributed by atoms with Crippen LogP contribution in [0.15, 0.2) is 29.3 Å². The Balaban J connectivity index is 0.00000625. The fourth-order valence-corrected chi connectivity index (χ4v) is 2.83. The van der Waals surface area contributed by atoms with Crippen LogP contribution in [0.3, 0.4) is 0 Å². The maximum Gasteiger partial charge on any atom is 0.191 e. The van der Waals surface area contributed by atoms with E-state index < -0.39 is 0 Å². The number of aliphatic imine (C=N–C) groups is 1. The molecule has 0 spiro atoms. The molecule has 0 heterocycles. The van der Waals surface area contributed by atoms with Gasteiger partial charge in [-0.3, -0.25) is 0 Å². The van der Waals surface area contributed by atoms with Crippen LogP contribution in [0.5, 0.6) is 5.75 Å². The second kappa shape index (κ2) is 15.1. The maximum absolute atomic E-state index is 9.26. The van der Waals surface area contributed by atoms with Gasteiger partial charge in [-0.05, 0) is 44.6 Å². The second-order valence-corrected chi connectivity index (χ2v) is 6.62. The van der Waals surface area contributed by atoms with E-state index in [2.05, 4.69) is 36.4 Å². The van der Waals surface area contributed by atoms with Crippen molar-refractivity contribution in [2.75, 3.05) is 26.3 Å². The topological polar surface area (TPSA) is 65.9 Å². The molecule has 6 heteroatoms. The highest BCUT2D eigenvalue weighted by atomic mass is 127.